The van der Waals surface area contributed by atoms with Crippen molar-refractivity contribution in [2.24, 2.45) is 5.73 Å². The summed E-state index contributed by atoms with van der Waals surface area (Å²) in [5.41, 5.74) is 5.78. The molecular weight excluding hydrogens is 233 g/mol. The normalized spacial score (nSPS) is 19.2. The molecule has 1 aliphatic carbocycles. The van der Waals surface area contributed by atoms with Crippen molar-refractivity contribution < 1.29 is 14.3 Å². The monoisotopic (exact) mass is 243 g/mol. The molecule has 0 radical (unpaired) electrons. The van der Waals surface area contributed by atoms with Crippen molar-refractivity contribution in [1.29, 1.82) is 0 Å². The van der Waals surface area contributed by atoms with Crippen LogP contribution in [-0.2, 0) is 10.2 Å². The van der Waals surface area contributed by atoms with Gasteiger partial charge in [-0.15, -0.1) is 0 Å². The Morgan fingerprint density at radius 2 is 2.19 bits per heavy atom. The number of carboxylic acid groups (broad SMARTS) is 1. The maximum Gasteiger partial charge on any atom is 0.321 e. The van der Waals surface area contributed by atoms with Crippen LogP contribution in [0.5, 0.6) is 0 Å². The lowest BCUT2D eigenvalue weighted by Gasteiger charge is -2.20. The van der Waals surface area contributed by atoms with E-state index in [1.165, 1.54) is 12.1 Å². The summed E-state index contributed by atoms with van der Waals surface area (Å²) in [6.45, 7) is 0. The first-order valence-electron chi connectivity index (χ1n) is 4.91. The highest BCUT2D eigenvalue weighted by Gasteiger charge is 2.52. The van der Waals surface area contributed by atoms with Crippen LogP contribution in [0, 0.1) is 5.82 Å². The third-order valence-corrected chi connectivity index (χ3v) is 3.43. The molecule has 1 aliphatic rings. The van der Waals surface area contributed by atoms with E-state index in [4.69, 9.17) is 22.4 Å². The molecular formula is C11H11ClFNO2. The van der Waals surface area contributed by atoms with Gasteiger partial charge in [0.2, 0.25) is 0 Å². The maximum atomic E-state index is 13.0. The zero-order chi connectivity index (χ0) is 11.9. The molecule has 1 saturated carbocycles. The summed E-state index contributed by atoms with van der Waals surface area (Å²) in [4.78, 5) is 10.9. The van der Waals surface area contributed by atoms with Gasteiger partial charge in [0, 0.05) is 5.41 Å². The Morgan fingerprint density at radius 1 is 1.56 bits per heavy atom. The number of rotatable bonds is 3. The molecule has 0 spiro atoms. The summed E-state index contributed by atoms with van der Waals surface area (Å²) >= 11 is 5.67. The van der Waals surface area contributed by atoms with Crippen LogP contribution in [0.15, 0.2) is 18.2 Å². The Hall–Kier alpha value is -1.13. The number of benzene rings is 1. The lowest BCUT2D eigenvalue weighted by atomic mass is 9.88. The van der Waals surface area contributed by atoms with E-state index >= 15 is 0 Å². The summed E-state index contributed by atoms with van der Waals surface area (Å²) < 4.78 is 13.0. The van der Waals surface area contributed by atoms with Gasteiger partial charge in [0.15, 0.2) is 0 Å². The first-order chi connectivity index (χ1) is 7.47. The van der Waals surface area contributed by atoms with Crippen molar-refractivity contribution in [3.05, 3.63) is 34.6 Å². The average Bonchev–Trinajstić information content (AvgIpc) is 3.02. The molecule has 1 fully saturated rings. The highest BCUT2D eigenvalue weighted by molar-refractivity contribution is 6.30. The molecule has 5 heteroatoms. The summed E-state index contributed by atoms with van der Waals surface area (Å²) in [7, 11) is 0. The van der Waals surface area contributed by atoms with Crippen LogP contribution in [-0.4, -0.2) is 17.1 Å². The van der Waals surface area contributed by atoms with Crippen LogP contribution < -0.4 is 5.73 Å². The average molecular weight is 244 g/mol. The minimum atomic E-state index is -1.04. The van der Waals surface area contributed by atoms with Gasteiger partial charge in [-0.25, -0.2) is 4.39 Å². The molecule has 3 nitrogen and oxygen atoms in total. The molecule has 2 rings (SSSR count). The lowest BCUT2D eigenvalue weighted by molar-refractivity contribution is -0.139. The highest BCUT2D eigenvalue weighted by Crippen LogP contribution is 2.50. The van der Waals surface area contributed by atoms with Crippen LogP contribution in [0.2, 0.25) is 5.02 Å². The SMILES string of the molecule is NC(C(=O)O)C1(c2ccc(F)c(Cl)c2)CC1. The third kappa shape index (κ3) is 1.68. The Kier molecular flexibility index (Phi) is 2.64. The van der Waals surface area contributed by atoms with Crippen LogP contribution in [0.25, 0.3) is 0 Å². The van der Waals surface area contributed by atoms with Gasteiger partial charge in [-0.1, -0.05) is 17.7 Å². The number of carbonyl (C=O) groups is 1. The van der Waals surface area contributed by atoms with Gasteiger partial charge in [-0.3, -0.25) is 4.79 Å². The van der Waals surface area contributed by atoms with Gasteiger partial charge in [0.05, 0.1) is 5.02 Å². The zero-order valence-corrected chi connectivity index (χ0v) is 9.17. The van der Waals surface area contributed by atoms with Gasteiger partial charge in [-0.05, 0) is 30.5 Å². The van der Waals surface area contributed by atoms with Gasteiger partial charge in [-0.2, -0.15) is 0 Å². The Morgan fingerprint density at radius 3 is 2.62 bits per heavy atom. The van der Waals surface area contributed by atoms with Crippen molar-refractivity contribution in [1.82, 2.24) is 0 Å². The molecule has 0 aromatic heterocycles. The number of halogens is 2. The zero-order valence-electron chi connectivity index (χ0n) is 8.41. The van der Waals surface area contributed by atoms with Crippen LogP contribution in [0.3, 0.4) is 0 Å². The van der Waals surface area contributed by atoms with Gasteiger partial charge < -0.3 is 10.8 Å². The predicted octanol–water partition coefficient (Wildman–Crippen LogP) is 1.92. The van der Waals surface area contributed by atoms with E-state index in [-0.39, 0.29) is 5.02 Å². The van der Waals surface area contributed by atoms with E-state index in [0.29, 0.717) is 18.4 Å². The fourth-order valence-corrected chi connectivity index (χ4v) is 2.14. The number of aliphatic carboxylic acids is 1. The largest absolute Gasteiger partial charge is 0.480 e. The van der Waals surface area contributed by atoms with E-state index in [0.717, 1.165) is 0 Å². The van der Waals surface area contributed by atoms with E-state index in [9.17, 15) is 9.18 Å². The van der Waals surface area contributed by atoms with E-state index in [2.05, 4.69) is 0 Å². The number of hydrogen-bond acceptors (Lipinski definition) is 2. The third-order valence-electron chi connectivity index (χ3n) is 3.14. The second-order valence-electron chi connectivity index (χ2n) is 4.10. The molecule has 86 valence electrons. The number of hydrogen-bond donors (Lipinski definition) is 2. The molecule has 0 aliphatic heterocycles. The first kappa shape index (κ1) is 11.4. The first-order valence-corrected chi connectivity index (χ1v) is 5.29. The molecule has 3 N–H and O–H groups in total. The number of carboxylic acids is 1. The van der Waals surface area contributed by atoms with Crippen molar-refractivity contribution in [2.75, 3.05) is 0 Å². The second-order valence-corrected chi connectivity index (χ2v) is 4.51. The van der Waals surface area contributed by atoms with Crippen molar-refractivity contribution >= 4 is 17.6 Å². The minimum absolute atomic E-state index is 0.00126. The van der Waals surface area contributed by atoms with Crippen molar-refractivity contribution in [3.63, 3.8) is 0 Å². The topological polar surface area (TPSA) is 63.3 Å². The molecule has 1 aromatic carbocycles. The molecule has 0 amide bonds. The maximum absolute atomic E-state index is 13.0. The molecule has 1 atom stereocenters. The highest BCUT2D eigenvalue weighted by atomic mass is 35.5. The van der Waals surface area contributed by atoms with Gasteiger partial charge in [0.1, 0.15) is 11.9 Å². The molecule has 0 bridgehead atoms. The molecule has 16 heavy (non-hydrogen) atoms. The minimum Gasteiger partial charge on any atom is -0.480 e. The molecule has 0 saturated heterocycles. The quantitative estimate of drug-likeness (QED) is 0.853. The Bertz CT molecular complexity index is 446. The smallest absolute Gasteiger partial charge is 0.321 e. The van der Waals surface area contributed by atoms with Crippen LogP contribution in [0.1, 0.15) is 18.4 Å². The molecule has 1 unspecified atom stereocenters. The van der Waals surface area contributed by atoms with E-state index in [1.54, 1.807) is 6.07 Å². The fraction of sp³-hybridized carbons (Fsp3) is 0.364. The predicted molar refractivity (Wildman–Crippen MR) is 57.9 cm³/mol. The number of nitrogens with two attached hydrogens (primary N) is 1. The standard InChI is InChI=1S/C11H11ClFNO2/c12-7-5-6(1-2-8(7)13)11(3-4-11)9(14)10(15)16/h1-2,5,9H,3-4,14H2,(H,15,16). The van der Waals surface area contributed by atoms with Crippen molar-refractivity contribution in [2.45, 2.75) is 24.3 Å². The summed E-state index contributed by atoms with van der Waals surface area (Å²) in [6.07, 6.45) is 1.39. The summed E-state index contributed by atoms with van der Waals surface area (Å²) in [5.74, 6) is -1.55. The lowest BCUT2D eigenvalue weighted by Crippen LogP contribution is -2.41. The van der Waals surface area contributed by atoms with E-state index in [1.807, 2.05) is 0 Å². The van der Waals surface area contributed by atoms with Gasteiger partial charge in [0.25, 0.3) is 0 Å². The Labute approximate surface area is 97.0 Å². The van der Waals surface area contributed by atoms with Crippen LogP contribution >= 0.6 is 11.6 Å². The fourth-order valence-electron chi connectivity index (χ4n) is 1.96. The van der Waals surface area contributed by atoms with Crippen molar-refractivity contribution in [3.8, 4) is 0 Å². The summed E-state index contributed by atoms with van der Waals surface area (Å²) in [6, 6.07) is 3.30. The molecule has 1 aromatic rings. The van der Waals surface area contributed by atoms with E-state index < -0.39 is 23.2 Å². The second kappa shape index (κ2) is 3.71. The van der Waals surface area contributed by atoms with Gasteiger partial charge >= 0.3 is 5.97 Å². The van der Waals surface area contributed by atoms with Crippen LogP contribution in [0.4, 0.5) is 4.39 Å². The molecule has 0 heterocycles. The Balaban J connectivity index is 2.37. The summed E-state index contributed by atoms with van der Waals surface area (Å²) in [5, 5.41) is 8.91.